The summed E-state index contributed by atoms with van der Waals surface area (Å²) in [6.45, 7) is 3.43. The van der Waals surface area contributed by atoms with Crippen molar-refractivity contribution in [2.24, 2.45) is 0 Å². The molecule has 1 amide bonds. The molecule has 0 bridgehead atoms. The molecule has 1 aromatic heterocycles. The quantitative estimate of drug-likeness (QED) is 0.389. The van der Waals surface area contributed by atoms with Crippen molar-refractivity contribution >= 4 is 17.5 Å². The lowest BCUT2D eigenvalue weighted by molar-refractivity contribution is -0.118. The van der Waals surface area contributed by atoms with Crippen molar-refractivity contribution in [3.05, 3.63) is 73.1 Å². The molecule has 1 fully saturated rings. The minimum Gasteiger partial charge on any atom is -0.457 e. The summed E-state index contributed by atoms with van der Waals surface area (Å²) in [5.41, 5.74) is 7.66. The first-order valence-electron chi connectivity index (χ1n) is 10.1. The fourth-order valence-electron chi connectivity index (χ4n) is 3.48. The highest BCUT2D eigenvalue weighted by Crippen LogP contribution is 2.34. The van der Waals surface area contributed by atoms with Crippen molar-refractivity contribution in [1.82, 2.24) is 15.3 Å². The number of hydrogen-bond acceptors (Lipinski definition) is 7. The van der Waals surface area contributed by atoms with E-state index in [1.807, 2.05) is 54.6 Å². The maximum absolute atomic E-state index is 11.8. The summed E-state index contributed by atoms with van der Waals surface area (Å²) in [5.74, 6) is 2.04. The Morgan fingerprint density at radius 1 is 1.06 bits per heavy atom. The van der Waals surface area contributed by atoms with Gasteiger partial charge in [0.15, 0.2) is 0 Å². The summed E-state index contributed by atoms with van der Waals surface area (Å²) >= 11 is 0. The molecule has 0 aliphatic heterocycles. The summed E-state index contributed by atoms with van der Waals surface area (Å²) in [5, 5.41) is 14.9. The number of nitrogens with one attached hydrogen (secondary N) is 2. The Bertz CT molecular complexity index is 1170. The standard InChI is InChI=1S/C24H22N6O2/c1-15(13-25)24(31)30-18-11-17(12-18)29-23-21(22(26)27-14-28-23)16-7-9-20(10-8-16)32-19-5-3-2-4-6-19/h2-10,14,17-18H,1,11-12H2,(H,30,31)(H3,26,27,28,29)/t17-,18+. The van der Waals surface area contributed by atoms with Gasteiger partial charge in [-0.1, -0.05) is 36.9 Å². The van der Waals surface area contributed by atoms with Gasteiger partial charge in [0.25, 0.3) is 5.91 Å². The van der Waals surface area contributed by atoms with Crippen LogP contribution in [0.5, 0.6) is 11.5 Å². The highest BCUT2D eigenvalue weighted by molar-refractivity contribution is 5.96. The number of carbonyl (C=O) groups is 1. The first-order chi connectivity index (χ1) is 15.5. The van der Waals surface area contributed by atoms with Crippen LogP contribution in [-0.4, -0.2) is 28.0 Å². The molecule has 160 valence electrons. The van der Waals surface area contributed by atoms with Crippen LogP contribution in [0, 0.1) is 11.3 Å². The van der Waals surface area contributed by atoms with Crippen molar-refractivity contribution in [2.75, 3.05) is 11.1 Å². The first-order valence-corrected chi connectivity index (χ1v) is 10.1. The van der Waals surface area contributed by atoms with E-state index in [1.165, 1.54) is 6.33 Å². The highest BCUT2D eigenvalue weighted by Gasteiger charge is 2.31. The molecule has 2 aromatic carbocycles. The molecule has 0 unspecified atom stereocenters. The second-order valence-corrected chi connectivity index (χ2v) is 7.50. The molecule has 0 atom stereocenters. The average molecular weight is 426 g/mol. The number of nitrogen functional groups attached to an aromatic ring is 1. The van der Waals surface area contributed by atoms with Gasteiger partial charge in [0.05, 0.1) is 5.56 Å². The maximum Gasteiger partial charge on any atom is 0.261 e. The van der Waals surface area contributed by atoms with E-state index in [4.69, 9.17) is 15.7 Å². The molecule has 3 aromatic rings. The fraction of sp³-hybridized carbons (Fsp3) is 0.167. The zero-order chi connectivity index (χ0) is 22.5. The predicted molar refractivity (Wildman–Crippen MR) is 122 cm³/mol. The fourth-order valence-corrected chi connectivity index (χ4v) is 3.48. The van der Waals surface area contributed by atoms with Crippen LogP contribution in [0.4, 0.5) is 11.6 Å². The normalized spacial score (nSPS) is 16.8. The van der Waals surface area contributed by atoms with Gasteiger partial charge in [-0.3, -0.25) is 4.79 Å². The van der Waals surface area contributed by atoms with Crippen LogP contribution in [0.1, 0.15) is 12.8 Å². The van der Waals surface area contributed by atoms with Gasteiger partial charge in [0.2, 0.25) is 0 Å². The molecular weight excluding hydrogens is 404 g/mol. The topological polar surface area (TPSA) is 126 Å². The van der Waals surface area contributed by atoms with E-state index in [9.17, 15) is 4.79 Å². The molecular formula is C24H22N6O2. The third-order valence-electron chi connectivity index (χ3n) is 5.22. The molecule has 32 heavy (non-hydrogen) atoms. The van der Waals surface area contributed by atoms with Crippen molar-refractivity contribution in [2.45, 2.75) is 24.9 Å². The van der Waals surface area contributed by atoms with E-state index in [-0.39, 0.29) is 17.7 Å². The lowest BCUT2D eigenvalue weighted by Crippen LogP contribution is -2.50. The van der Waals surface area contributed by atoms with E-state index in [1.54, 1.807) is 6.07 Å². The molecule has 8 heteroatoms. The molecule has 1 aliphatic rings. The Morgan fingerprint density at radius 3 is 2.44 bits per heavy atom. The smallest absolute Gasteiger partial charge is 0.261 e. The summed E-state index contributed by atoms with van der Waals surface area (Å²) in [4.78, 5) is 20.3. The largest absolute Gasteiger partial charge is 0.457 e. The number of carbonyl (C=O) groups excluding carboxylic acids is 1. The van der Waals surface area contributed by atoms with Gasteiger partial charge in [-0.25, -0.2) is 9.97 Å². The van der Waals surface area contributed by atoms with Gasteiger partial charge in [0, 0.05) is 12.1 Å². The van der Waals surface area contributed by atoms with Crippen molar-refractivity contribution in [3.8, 4) is 28.7 Å². The van der Waals surface area contributed by atoms with Gasteiger partial charge in [-0.05, 0) is 42.7 Å². The molecule has 0 saturated heterocycles. The van der Waals surface area contributed by atoms with Crippen LogP contribution in [0.2, 0.25) is 0 Å². The summed E-state index contributed by atoms with van der Waals surface area (Å²) in [6.07, 6.45) is 2.83. The number of rotatable bonds is 7. The number of benzene rings is 2. The molecule has 1 heterocycles. The highest BCUT2D eigenvalue weighted by atomic mass is 16.5. The molecule has 1 aliphatic carbocycles. The minimum absolute atomic E-state index is 0.0119. The number of hydrogen-bond donors (Lipinski definition) is 3. The van der Waals surface area contributed by atoms with Crippen LogP contribution >= 0.6 is 0 Å². The number of nitrogens with two attached hydrogens (primary N) is 1. The van der Waals surface area contributed by atoms with E-state index in [2.05, 4.69) is 27.2 Å². The van der Waals surface area contributed by atoms with Crippen LogP contribution in [-0.2, 0) is 4.79 Å². The SMILES string of the molecule is C=C(C#N)C(=O)N[C@H]1C[C@@H](Nc2ncnc(N)c2-c2ccc(Oc3ccccc3)cc2)C1. The van der Waals surface area contributed by atoms with Gasteiger partial charge in [0.1, 0.15) is 41.1 Å². The molecule has 8 nitrogen and oxygen atoms in total. The van der Waals surface area contributed by atoms with Gasteiger partial charge >= 0.3 is 0 Å². The first kappa shape index (κ1) is 20.9. The van der Waals surface area contributed by atoms with Crippen LogP contribution in [0.15, 0.2) is 73.1 Å². The number of nitriles is 1. The summed E-state index contributed by atoms with van der Waals surface area (Å²) in [7, 11) is 0. The van der Waals surface area contributed by atoms with Crippen LogP contribution in [0.3, 0.4) is 0 Å². The Balaban J connectivity index is 1.43. The third-order valence-corrected chi connectivity index (χ3v) is 5.22. The Morgan fingerprint density at radius 2 is 1.75 bits per heavy atom. The molecule has 1 saturated carbocycles. The maximum atomic E-state index is 11.8. The van der Waals surface area contributed by atoms with E-state index in [0.29, 0.717) is 35.8 Å². The van der Waals surface area contributed by atoms with E-state index >= 15 is 0 Å². The van der Waals surface area contributed by atoms with Crippen molar-refractivity contribution in [3.63, 3.8) is 0 Å². The number of aromatic nitrogens is 2. The van der Waals surface area contributed by atoms with Crippen molar-refractivity contribution in [1.29, 1.82) is 5.26 Å². The minimum atomic E-state index is -0.430. The second kappa shape index (κ2) is 9.18. The summed E-state index contributed by atoms with van der Waals surface area (Å²) < 4.78 is 5.85. The van der Waals surface area contributed by atoms with Gasteiger partial charge in [-0.15, -0.1) is 0 Å². The Kier molecular flexibility index (Phi) is 5.99. The zero-order valence-electron chi connectivity index (χ0n) is 17.3. The number of anilines is 2. The Labute approximate surface area is 185 Å². The zero-order valence-corrected chi connectivity index (χ0v) is 17.3. The number of amides is 1. The number of nitrogens with zero attached hydrogens (tertiary/aromatic N) is 3. The second-order valence-electron chi connectivity index (χ2n) is 7.50. The van der Waals surface area contributed by atoms with E-state index in [0.717, 1.165) is 11.3 Å². The van der Waals surface area contributed by atoms with Crippen LogP contribution < -0.4 is 21.1 Å². The Hall–Kier alpha value is -4.38. The predicted octanol–water partition coefficient (Wildman–Crippen LogP) is 3.66. The van der Waals surface area contributed by atoms with Crippen molar-refractivity contribution < 1.29 is 9.53 Å². The third kappa shape index (κ3) is 4.68. The monoisotopic (exact) mass is 426 g/mol. The van der Waals surface area contributed by atoms with Gasteiger partial charge < -0.3 is 21.1 Å². The lowest BCUT2D eigenvalue weighted by Gasteiger charge is -2.36. The number of para-hydroxylation sites is 1. The molecule has 4 rings (SSSR count). The molecule has 4 N–H and O–H groups in total. The average Bonchev–Trinajstić information content (AvgIpc) is 2.78. The number of ether oxygens (including phenoxy) is 1. The van der Waals surface area contributed by atoms with E-state index < -0.39 is 5.91 Å². The van der Waals surface area contributed by atoms with Gasteiger partial charge in [-0.2, -0.15) is 5.26 Å². The molecule has 0 spiro atoms. The molecule has 0 radical (unpaired) electrons. The van der Waals surface area contributed by atoms with Crippen LogP contribution in [0.25, 0.3) is 11.1 Å². The lowest BCUT2D eigenvalue weighted by atomic mass is 9.86. The summed E-state index contributed by atoms with van der Waals surface area (Å²) in [6, 6.07) is 19.0.